The van der Waals surface area contributed by atoms with Gasteiger partial charge >= 0.3 is 5.97 Å². The number of aromatic carboxylic acids is 1. The molecule has 0 radical (unpaired) electrons. The van der Waals surface area contributed by atoms with Crippen LogP contribution < -0.4 is 0 Å². The number of carbonyl (C=O) groups is 1. The van der Waals surface area contributed by atoms with Crippen molar-refractivity contribution in [2.45, 2.75) is 17.0 Å². The van der Waals surface area contributed by atoms with Crippen LogP contribution in [0.2, 0.25) is 0 Å². The number of carboxylic acids is 1. The molecular weight excluding hydrogens is 276 g/mol. The predicted octanol–water partition coefficient (Wildman–Crippen LogP) is 2.28. The van der Waals surface area contributed by atoms with Crippen molar-refractivity contribution < 1.29 is 9.90 Å². The van der Waals surface area contributed by atoms with E-state index >= 15 is 0 Å². The first-order valence-electron chi connectivity index (χ1n) is 5.82. The minimum atomic E-state index is -1.00. The van der Waals surface area contributed by atoms with E-state index in [0.717, 1.165) is 11.2 Å². The first-order valence-corrected chi connectivity index (χ1v) is 6.64. The van der Waals surface area contributed by atoms with Gasteiger partial charge in [-0.25, -0.2) is 19.3 Å². The highest BCUT2D eigenvalue weighted by Gasteiger charge is 2.14. The first kappa shape index (κ1) is 12.6. The van der Waals surface area contributed by atoms with Crippen LogP contribution in [-0.2, 0) is 0 Å². The van der Waals surface area contributed by atoms with E-state index < -0.39 is 5.97 Å². The number of hydrogen-bond acceptors (Lipinski definition) is 5. The van der Waals surface area contributed by atoms with Crippen molar-refractivity contribution in [1.82, 2.24) is 19.6 Å². The second-order valence-electron chi connectivity index (χ2n) is 4.11. The SMILES string of the molecule is Cc1cc2c(Sc3ncccc3C(=O)O)nccn2n1. The Hall–Kier alpha value is -2.41. The molecule has 0 bridgehead atoms. The van der Waals surface area contributed by atoms with Crippen LogP contribution in [0.25, 0.3) is 5.52 Å². The monoisotopic (exact) mass is 286 g/mol. The van der Waals surface area contributed by atoms with Crippen LogP contribution in [-0.4, -0.2) is 30.7 Å². The summed E-state index contributed by atoms with van der Waals surface area (Å²) in [5, 5.41) is 14.6. The third-order valence-corrected chi connectivity index (χ3v) is 3.70. The van der Waals surface area contributed by atoms with Crippen LogP contribution in [0, 0.1) is 6.92 Å². The number of pyridine rings is 1. The summed E-state index contributed by atoms with van der Waals surface area (Å²) in [7, 11) is 0. The van der Waals surface area contributed by atoms with Gasteiger partial charge < -0.3 is 5.11 Å². The van der Waals surface area contributed by atoms with Gasteiger partial charge in [-0.15, -0.1) is 0 Å². The van der Waals surface area contributed by atoms with Gasteiger partial charge in [0, 0.05) is 18.6 Å². The fourth-order valence-corrected chi connectivity index (χ4v) is 2.76. The molecule has 0 aromatic carbocycles. The Labute approximate surface area is 118 Å². The predicted molar refractivity (Wildman–Crippen MR) is 73.0 cm³/mol. The summed E-state index contributed by atoms with van der Waals surface area (Å²) in [5.74, 6) is -1.00. The third kappa shape index (κ3) is 2.23. The van der Waals surface area contributed by atoms with Gasteiger partial charge in [0.05, 0.1) is 16.8 Å². The van der Waals surface area contributed by atoms with E-state index in [1.807, 2.05) is 13.0 Å². The molecule has 3 aromatic heterocycles. The summed E-state index contributed by atoms with van der Waals surface area (Å²) in [6, 6.07) is 5.03. The molecule has 3 heterocycles. The van der Waals surface area contributed by atoms with Gasteiger partial charge in [-0.2, -0.15) is 5.10 Å². The Morgan fingerprint density at radius 2 is 2.10 bits per heavy atom. The lowest BCUT2D eigenvalue weighted by Gasteiger charge is -2.04. The number of carboxylic acid groups (broad SMARTS) is 1. The summed E-state index contributed by atoms with van der Waals surface area (Å²) in [5.41, 5.74) is 1.87. The topological polar surface area (TPSA) is 80.4 Å². The second-order valence-corrected chi connectivity index (χ2v) is 5.09. The minimum Gasteiger partial charge on any atom is -0.478 e. The lowest BCUT2D eigenvalue weighted by molar-refractivity contribution is 0.0692. The molecule has 3 rings (SSSR count). The fourth-order valence-electron chi connectivity index (χ4n) is 1.83. The molecule has 0 atom stereocenters. The Kier molecular flexibility index (Phi) is 3.11. The maximum Gasteiger partial charge on any atom is 0.338 e. The second kappa shape index (κ2) is 4.93. The lowest BCUT2D eigenvalue weighted by atomic mass is 10.3. The van der Waals surface area contributed by atoms with Gasteiger partial charge in [-0.1, -0.05) is 0 Å². The van der Waals surface area contributed by atoms with Crippen molar-refractivity contribution in [3.8, 4) is 0 Å². The number of rotatable bonds is 3. The maximum atomic E-state index is 11.2. The van der Waals surface area contributed by atoms with Crippen molar-refractivity contribution in [3.63, 3.8) is 0 Å². The summed E-state index contributed by atoms with van der Waals surface area (Å²) in [4.78, 5) is 19.6. The van der Waals surface area contributed by atoms with Crippen molar-refractivity contribution in [2.24, 2.45) is 0 Å². The number of fused-ring (bicyclic) bond motifs is 1. The van der Waals surface area contributed by atoms with Gasteiger partial charge in [-0.3, -0.25) is 0 Å². The molecule has 100 valence electrons. The van der Waals surface area contributed by atoms with Crippen LogP contribution in [0.1, 0.15) is 16.1 Å². The summed E-state index contributed by atoms with van der Waals surface area (Å²) in [6.07, 6.45) is 4.95. The molecule has 3 aromatic rings. The number of hydrogen-bond donors (Lipinski definition) is 1. The van der Waals surface area contributed by atoms with Crippen molar-refractivity contribution in [2.75, 3.05) is 0 Å². The zero-order valence-corrected chi connectivity index (χ0v) is 11.3. The Morgan fingerprint density at radius 1 is 1.30 bits per heavy atom. The van der Waals surface area contributed by atoms with E-state index in [1.165, 1.54) is 17.8 Å². The zero-order chi connectivity index (χ0) is 14.1. The first-order chi connectivity index (χ1) is 9.65. The molecule has 0 saturated carbocycles. The van der Waals surface area contributed by atoms with Gasteiger partial charge in [-0.05, 0) is 36.9 Å². The molecule has 0 amide bonds. The highest BCUT2D eigenvalue weighted by Crippen LogP contribution is 2.30. The molecule has 0 spiro atoms. The minimum absolute atomic E-state index is 0.164. The van der Waals surface area contributed by atoms with E-state index in [1.54, 1.807) is 29.2 Å². The molecule has 7 heteroatoms. The molecule has 0 aliphatic carbocycles. The number of aryl methyl sites for hydroxylation is 1. The highest BCUT2D eigenvalue weighted by atomic mass is 32.2. The molecule has 1 N–H and O–H groups in total. The van der Waals surface area contributed by atoms with Crippen LogP contribution in [0.5, 0.6) is 0 Å². The average molecular weight is 286 g/mol. The number of aromatic nitrogens is 4. The smallest absolute Gasteiger partial charge is 0.338 e. The number of nitrogens with zero attached hydrogens (tertiary/aromatic N) is 4. The van der Waals surface area contributed by atoms with Gasteiger partial charge in [0.15, 0.2) is 0 Å². The molecule has 0 saturated heterocycles. The van der Waals surface area contributed by atoms with Crippen LogP contribution in [0.4, 0.5) is 0 Å². The Bertz CT molecular complexity index is 800. The molecule has 0 fully saturated rings. The maximum absolute atomic E-state index is 11.2. The fraction of sp³-hybridized carbons (Fsp3) is 0.0769. The van der Waals surface area contributed by atoms with Crippen LogP contribution >= 0.6 is 11.8 Å². The molecule has 0 aliphatic rings. The molecular formula is C13H10N4O2S. The van der Waals surface area contributed by atoms with E-state index in [4.69, 9.17) is 5.11 Å². The van der Waals surface area contributed by atoms with Crippen LogP contribution in [0.15, 0.2) is 46.8 Å². The van der Waals surface area contributed by atoms with Crippen molar-refractivity contribution in [1.29, 1.82) is 0 Å². The van der Waals surface area contributed by atoms with E-state index in [0.29, 0.717) is 10.1 Å². The standard InChI is InChI=1S/C13H10N4O2S/c1-8-7-10-12(15-5-6-17(10)16-8)20-11-9(13(18)19)3-2-4-14-11/h2-7H,1H3,(H,18,19). The molecule has 20 heavy (non-hydrogen) atoms. The van der Waals surface area contributed by atoms with Crippen LogP contribution in [0.3, 0.4) is 0 Å². The van der Waals surface area contributed by atoms with Gasteiger partial charge in [0.25, 0.3) is 0 Å². The van der Waals surface area contributed by atoms with Gasteiger partial charge in [0.2, 0.25) is 0 Å². The van der Waals surface area contributed by atoms with E-state index in [2.05, 4.69) is 15.1 Å². The van der Waals surface area contributed by atoms with Gasteiger partial charge in [0.1, 0.15) is 10.1 Å². The Morgan fingerprint density at radius 3 is 2.90 bits per heavy atom. The lowest BCUT2D eigenvalue weighted by Crippen LogP contribution is -2.00. The molecule has 0 unspecified atom stereocenters. The third-order valence-electron chi connectivity index (χ3n) is 2.67. The summed E-state index contributed by atoms with van der Waals surface area (Å²) in [6.45, 7) is 1.89. The van der Waals surface area contributed by atoms with E-state index in [9.17, 15) is 4.79 Å². The van der Waals surface area contributed by atoms with Crippen molar-refractivity contribution >= 4 is 23.2 Å². The van der Waals surface area contributed by atoms with E-state index in [-0.39, 0.29) is 5.56 Å². The molecule has 6 nitrogen and oxygen atoms in total. The average Bonchev–Trinajstić information content (AvgIpc) is 2.80. The summed E-state index contributed by atoms with van der Waals surface area (Å²) < 4.78 is 1.72. The molecule has 0 aliphatic heterocycles. The quantitative estimate of drug-likeness (QED) is 0.795. The normalized spacial score (nSPS) is 10.8. The zero-order valence-electron chi connectivity index (χ0n) is 10.5. The summed E-state index contributed by atoms with van der Waals surface area (Å²) >= 11 is 1.22. The highest BCUT2D eigenvalue weighted by molar-refractivity contribution is 7.99. The van der Waals surface area contributed by atoms with Crippen molar-refractivity contribution in [3.05, 3.63) is 48.0 Å². The Balaban J connectivity index is 2.08. The largest absolute Gasteiger partial charge is 0.478 e.